The van der Waals surface area contributed by atoms with Gasteiger partial charge in [0.15, 0.2) is 0 Å². The zero-order valence-corrected chi connectivity index (χ0v) is 19.0. The first-order valence-electron chi connectivity index (χ1n) is 10.9. The van der Waals surface area contributed by atoms with Gasteiger partial charge in [0, 0.05) is 25.1 Å². The summed E-state index contributed by atoms with van der Waals surface area (Å²) in [6.45, 7) is -1.09. The van der Waals surface area contributed by atoms with E-state index in [1.807, 2.05) is 6.07 Å². The summed E-state index contributed by atoms with van der Waals surface area (Å²) in [5.41, 5.74) is 0.595. The predicted molar refractivity (Wildman–Crippen MR) is 122 cm³/mol. The molecule has 0 aromatic heterocycles. The Bertz CT molecular complexity index is 1110. The van der Waals surface area contributed by atoms with Crippen molar-refractivity contribution in [1.29, 1.82) is 0 Å². The van der Waals surface area contributed by atoms with Gasteiger partial charge in [-0.05, 0) is 17.7 Å². The van der Waals surface area contributed by atoms with Gasteiger partial charge in [-0.15, -0.1) is 0 Å². The summed E-state index contributed by atoms with van der Waals surface area (Å²) >= 11 is 0. The quantitative estimate of drug-likeness (QED) is 0.191. The Labute approximate surface area is 205 Å². The summed E-state index contributed by atoms with van der Waals surface area (Å²) in [5, 5.41) is 25.3. The molecule has 13 heteroatoms. The lowest BCUT2D eigenvalue weighted by Crippen LogP contribution is -2.50. The average Bonchev–Trinajstić information content (AvgIpc) is 3.27. The minimum atomic E-state index is -1.05. The monoisotopic (exact) mass is 500 g/mol. The first-order chi connectivity index (χ1) is 17.2. The predicted octanol–water partition coefficient (Wildman–Crippen LogP) is 0.505. The minimum Gasteiger partial charge on any atom is -0.445 e. The fourth-order valence-corrected chi connectivity index (χ4v) is 3.44. The van der Waals surface area contributed by atoms with Gasteiger partial charge in [0.25, 0.3) is 5.69 Å². The lowest BCUT2D eigenvalue weighted by atomic mass is 10.2. The number of carbonyl (C=O) groups is 4. The van der Waals surface area contributed by atoms with Crippen LogP contribution in [-0.4, -0.2) is 70.6 Å². The molecule has 3 N–H and O–H groups in total. The summed E-state index contributed by atoms with van der Waals surface area (Å²) < 4.78 is 10.0. The second-order valence-corrected chi connectivity index (χ2v) is 7.81. The summed E-state index contributed by atoms with van der Waals surface area (Å²) in [6.07, 6.45) is -1.82. The van der Waals surface area contributed by atoms with E-state index in [2.05, 4.69) is 10.6 Å². The van der Waals surface area contributed by atoms with E-state index in [0.717, 1.165) is 22.6 Å². The third kappa shape index (κ3) is 7.50. The Kier molecular flexibility index (Phi) is 8.89. The van der Waals surface area contributed by atoms with Gasteiger partial charge < -0.3 is 30.1 Å². The Morgan fingerprint density at radius 1 is 1.03 bits per heavy atom. The van der Waals surface area contributed by atoms with Crippen molar-refractivity contribution in [3.8, 4) is 5.75 Å². The molecule has 0 unspecified atom stereocenters. The number of amides is 3. The van der Waals surface area contributed by atoms with E-state index in [0.29, 0.717) is 0 Å². The Balaban J connectivity index is 1.44. The molecule has 3 rings (SSSR count). The van der Waals surface area contributed by atoms with E-state index in [-0.39, 0.29) is 31.0 Å². The molecule has 0 radical (unpaired) electrons. The molecule has 1 fully saturated rings. The average molecular weight is 500 g/mol. The van der Waals surface area contributed by atoms with Crippen molar-refractivity contribution in [1.82, 2.24) is 15.5 Å². The molecule has 0 saturated carbocycles. The lowest BCUT2D eigenvalue weighted by Gasteiger charge is -2.23. The van der Waals surface area contributed by atoms with Crippen LogP contribution in [0.5, 0.6) is 5.75 Å². The standard InChI is InChI=1S/C23H24N4O9/c28-17-10-19(22(31)24-12-21(30)36-18-8-6-16(7-9-18)27(33)34)26(13-17)20(29)11-25-23(32)35-14-15-4-2-1-3-5-15/h1-9,17,19,28H,10-14H2,(H,24,31)(H,25,32)/t17-,19+/m1/s1. The number of alkyl carbamates (subject to hydrolysis) is 1. The lowest BCUT2D eigenvalue weighted by molar-refractivity contribution is -0.384. The van der Waals surface area contributed by atoms with Gasteiger partial charge in [0.05, 0.1) is 11.0 Å². The van der Waals surface area contributed by atoms with Gasteiger partial charge >= 0.3 is 12.1 Å². The highest BCUT2D eigenvalue weighted by Gasteiger charge is 2.38. The first-order valence-corrected chi connectivity index (χ1v) is 10.9. The van der Waals surface area contributed by atoms with Crippen LogP contribution in [0.1, 0.15) is 12.0 Å². The number of rotatable bonds is 9. The van der Waals surface area contributed by atoms with Crippen LogP contribution in [0.15, 0.2) is 54.6 Å². The number of carbonyl (C=O) groups excluding carboxylic acids is 4. The van der Waals surface area contributed by atoms with Crippen LogP contribution in [0.25, 0.3) is 0 Å². The minimum absolute atomic E-state index is 0.0182. The fraction of sp³-hybridized carbons (Fsp3) is 0.304. The molecule has 0 aliphatic carbocycles. The van der Waals surface area contributed by atoms with Crippen molar-refractivity contribution in [2.75, 3.05) is 19.6 Å². The number of nitro groups is 1. The summed E-state index contributed by atoms with van der Waals surface area (Å²) in [7, 11) is 0. The second kappa shape index (κ2) is 12.3. The van der Waals surface area contributed by atoms with Crippen LogP contribution in [0.4, 0.5) is 10.5 Å². The van der Waals surface area contributed by atoms with Crippen LogP contribution >= 0.6 is 0 Å². The van der Waals surface area contributed by atoms with Gasteiger partial charge in [0.1, 0.15) is 31.5 Å². The van der Waals surface area contributed by atoms with Crippen molar-refractivity contribution in [2.45, 2.75) is 25.2 Å². The fourth-order valence-electron chi connectivity index (χ4n) is 3.44. The molecule has 2 aromatic rings. The molecule has 13 nitrogen and oxygen atoms in total. The largest absolute Gasteiger partial charge is 0.445 e. The van der Waals surface area contributed by atoms with Gasteiger partial charge in [-0.1, -0.05) is 30.3 Å². The zero-order valence-electron chi connectivity index (χ0n) is 19.0. The highest BCUT2D eigenvalue weighted by molar-refractivity contribution is 5.91. The molecule has 1 aliphatic rings. The third-order valence-electron chi connectivity index (χ3n) is 5.18. The third-order valence-corrected chi connectivity index (χ3v) is 5.18. The molecule has 190 valence electrons. The summed E-state index contributed by atoms with van der Waals surface area (Å²) in [4.78, 5) is 60.2. The van der Waals surface area contributed by atoms with Crippen molar-refractivity contribution in [3.63, 3.8) is 0 Å². The molecule has 1 saturated heterocycles. The molecule has 2 aromatic carbocycles. The SMILES string of the molecule is O=C(CNC(=O)[C@@H]1C[C@@H](O)CN1C(=O)CNC(=O)OCc1ccccc1)Oc1ccc([N+](=O)[O-])cc1. The molecule has 3 amide bonds. The second-order valence-electron chi connectivity index (χ2n) is 7.81. The summed E-state index contributed by atoms with van der Waals surface area (Å²) in [6, 6.07) is 12.7. The van der Waals surface area contributed by atoms with E-state index in [1.54, 1.807) is 24.3 Å². The van der Waals surface area contributed by atoms with E-state index in [1.165, 1.54) is 12.1 Å². The number of likely N-dealkylation sites (tertiary alicyclic amines) is 1. The van der Waals surface area contributed by atoms with Crippen molar-refractivity contribution >= 4 is 29.6 Å². The first kappa shape index (κ1) is 26.1. The van der Waals surface area contributed by atoms with E-state index >= 15 is 0 Å². The number of aliphatic hydroxyl groups is 1. The maximum absolute atomic E-state index is 12.6. The number of benzene rings is 2. The molecule has 1 heterocycles. The molecule has 1 aliphatic heterocycles. The van der Waals surface area contributed by atoms with Crippen molar-refractivity contribution in [2.24, 2.45) is 0 Å². The molecular formula is C23H24N4O9. The topological polar surface area (TPSA) is 177 Å². The van der Waals surface area contributed by atoms with Crippen LogP contribution in [0.3, 0.4) is 0 Å². The number of non-ortho nitro benzene ring substituents is 1. The number of hydrogen-bond donors (Lipinski definition) is 3. The Hall–Kier alpha value is -4.52. The number of nitrogens with zero attached hydrogens (tertiary/aromatic N) is 2. The van der Waals surface area contributed by atoms with Gasteiger partial charge in [0.2, 0.25) is 11.8 Å². The number of hydrogen-bond acceptors (Lipinski definition) is 9. The number of aliphatic hydroxyl groups excluding tert-OH is 1. The number of ether oxygens (including phenoxy) is 2. The normalized spacial score (nSPS) is 16.6. The number of nitro benzene ring substituents is 1. The Morgan fingerprint density at radius 2 is 1.72 bits per heavy atom. The maximum atomic E-state index is 12.6. The number of nitrogens with one attached hydrogen (secondary N) is 2. The van der Waals surface area contributed by atoms with Crippen LogP contribution < -0.4 is 15.4 Å². The summed E-state index contributed by atoms with van der Waals surface area (Å²) in [5.74, 6) is -2.08. The molecule has 0 spiro atoms. The van der Waals surface area contributed by atoms with Crippen molar-refractivity contribution < 1.29 is 38.7 Å². The van der Waals surface area contributed by atoms with Gasteiger partial charge in [-0.25, -0.2) is 9.59 Å². The zero-order chi connectivity index (χ0) is 26.1. The maximum Gasteiger partial charge on any atom is 0.407 e. The van der Waals surface area contributed by atoms with Crippen LogP contribution in [-0.2, 0) is 25.7 Å². The number of β-amino-alcohol motifs (C(OH)–C–C–N with tert-alkyl or cyclic N) is 1. The van der Waals surface area contributed by atoms with Gasteiger partial charge in [-0.2, -0.15) is 0 Å². The molecule has 36 heavy (non-hydrogen) atoms. The smallest absolute Gasteiger partial charge is 0.407 e. The van der Waals surface area contributed by atoms with E-state index in [9.17, 15) is 34.4 Å². The van der Waals surface area contributed by atoms with E-state index in [4.69, 9.17) is 9.47 Å². The van der Waals surface area contributed by atoms with E-state index < -0.39 is 54.0 Å². The Morgan fingerprint density at radius 3 is 2.39 bits per heavy atom. The number of esters is 1. The highest BCUT2D eigenvalue weighted by Crippen LogP contribution is 2.19. The molecule has 0 bridgehead atoms. The highest BCUT2D eigenvalue weighted by atomic mass is 16.6. The van der Waals surface area contributed by atoms with Crippen LogP contribution in [0, 0.1) is 10.1 Å². The van der Waals surface area contributed by atoms with Crippen LogP contribution in [0.2, 0.25) is 0 Å². The molecular weight excluding hydrogens is 476 g/mol. The molecule has 2 atom stereocenters. The van der Waals surface area contributed by atoms with Crippen molar-refractivity contribution in [3.05, 3.63) is 70.3 Å². The van der Waals surface area contributed by atoms with Gasteiger partial charge in [-0.3, -0.25) is 19.7 Å².